The zero-order valence-electron chi connectivity index (χ0n) is 13.7. The lowest BCUT2D eigenvalue weighted by Gasteiger charge is -2.17. The molecule has 0 saturated heterocycles. The molecule has 2 aromatic carbocycles. The monoisotopic (exact) mass is 376 g/mol. The second-order valence-electron chi connectivity index (χ2n) is 6.22. The van der Waals surface area contributed by atoms with Crippen LogP contribution in [-0.2, 0) is 16.1 Å². The lowest BCUT2D eigenvalue weighted by molar-refractivity contribution is -0.134. The van der Waals surface area contributed by atoms with Crippen LogP contribution in [0, 0.1) is 12.3 Å². The molecule has 1 aliphatic rings. The van der Waals surface area contributed by atoms with Crippen LogP contribution in [-0.4, -0.2) is 11.8 Å². The summed E-state index contributed by atoms with van der Waals surface area (Å²) in [5.41, 5.74) is 1.22. The van der Waals surface area contributed by atoms with E-state index in [1.54, 1.807) is 24.3 Å². The van der Waals surface area contributed by atoms with E-state index >= 15 is 0 Å². The lowest BCUT2D eigenvalue weighted by Crippen LogP contribution is -2.39. The molecule has 130 valence electrons. The fraction of sp³-hybridized carbons (Fsp3) is 0.263. The first-order chi connectivity index (χ1) is 11.9. The van der Waals surface area contributed by atoms with Crippen molar-refractivity contribution in [2.24, 2.45) is 5.41 Å². The van der Waals surface area contributed by atoms with Crippen LogP contribution in [0.4, 0.5) is 5.69 Å². The summed E-state index contributed by atoms with van der Waals surface area (Å²) < 4.78 is 0. The number of rotatable bonds is 5. The van der Waals surface area contributed by atoms with Crippen molar-refractivity contribution in [2.75, 3.05) is 5.32 Å². The minimum absolute atomic E-state index is 0.274. The molecule has 2 N–H and O–H groups in total. The molecule has 4 nitrogen and oxygen atoms in total. The highest BCUT2D eigenvalue weighted by molar-refractivity contribution is 6.32. The number of benzene rings is 2. The Morgan fingerprint density at radius 1 is 1.00 bits per heavy atom. The first-order valence-corrected chi connectivity index (χ1v) is 8.78. The topological polar surface area (TPSA) is 58.2 Å². The van der Waals surface area contributed by atoms with E-state index in [2.05, 4.69) is 10.6 Å². The summed E-state index contributed by atoms with van der Waals surface area (Å²) in [5.74, 6) is -0.570. The molecule has 0 heterocycles. The van der Waals surface area contributed by atoms with Gasteiger partial charge in [-0.05, 0) is 49.1 Å². The molecule has 0 aromatic heterocycles. The van der Waals surface area contributed by atoms with Crippen molar-refractivity contribution in [3.05, 3.63) is 63.6 Å². The molecule has 1 fully saturated rings. The van der Waals surface area contributed by atoms with Crippen LogP contribution in [0.25, 0.3) is 0 Å². The summed E-state index contributed by atoms with van der Waals surface area (Å²) in [6, 6.07) is 12.6. The molecule has 0 radical (unpaired) electrons. The van der Waals surface area contributed by atoms with Crippen molar-refractivity contribution in [3.63, 3.8) is 0 Å². The van der Waals surface area contributed by atoms with Gasteiger partial charge in [0.05, 0.1) is 0 Å². The van der Waals surface area contributed by atoms with Crippen molar-refractivity contribution in [1.29, 1.82) is 0 Å². The largest absolute Gasteiger partial charge is 0.351 e. The minimum atomic E-state index is -1.00. The molecule has 0 aliphatic heterocycles. The van der Waals surface area contributed by atoms with Crippen LogP contribution >= 0.6 is 23.2 Å². The first-order valence-electron chi connectivity index (χ1n) is 8.02. The van der Waals surface area contributed by atoms with Gasteiger partial charge in [-0.15, -0.1) is 0 Å². The third-order valence-corrected chi connectivity index (χ3v) is 5.31. The summed E-state index contributed by atoms with van der Waals surface area (Å²) in [6.45, 7) is 2.12. The van der Waals surface area contributed by atoms with Gasteiger partial charge in [0.15, 0.2) is 0 Å². The van der Waals surface area contributed by atoms with Crippen LogP contribution in [0.15, 0.2) is 42.5 Å². The highest BCUT2D eigenvalue weighted by atomic mass is 35.5. The summed E-state index contributed by atoms with van der Waals surface area (Å²) >= 11 is 12.2. The summed E-state index contributed by atoms with van der Waals surface area (Å²) in [6.07, 6.45) is 1.07. The number of hydrogen-bond acceptors (Lipinski definition) is 2. The Labute approximate surface area is 156 Å². The maximum atomic E-state index is 12.6. The third-order valence-electron chi connectivity index (χ3n) is 4.53. The number of carbonyl (C=O) groups is 2. The Morgan fingerprint density at radius 2 is 1.68 bits per heavy atom. The molecule has 0 spiro atoms. The SMILES string of the molecule is Cc1c(Cl)cccc1NC(=O)C1(C(=O)NCc2ccccc2Cl)CC1. The highest BCUT2D eigenvalue weighted by Crippen LogP contribution is 2.47. The number of nitrogens with one attached hydrogen (secondary N) is 2. The van der Waals surface area contributed by atoms with E-state index in [0.29, 0.717) is 35.1 Å². The normalized spacial score (nSPS) is 14.7. The van der Waals surface area contributed by atoms with Crippen molar-refractivity contribution in [2.45, 2.75) is 26.3 Å². The Balaban J connectivity index is 1.67. The molecule has 25 heavy (non-hydrogen) atoms. The zero-order chi connectivity index (χ0) is 18.0. The predicted octanol–water partition coefficient (Wildman–Crippen LogP) is 4.34. The van der Waals surface area contributed by atoms with Crippen LogP contribution in [0.2, 0.25) is 10.0 Å². The zero-order valence-corrected chi connectivity index (χ0v) is 15.2. The number of amides is 2. The maximum Gasteiger partial charge on any atom is 0.240 e. The lowest BCUT2D eigenvalue weighted by atomic mass is 10.0. The minimum Gasteiger partial charge on any atom is -0.351 e. The van der Waals surface area contributed by atoms with E-state index < -0.39 is 5.41 Å². The van der Waals surface area contributed by atoms with Crippen LogP contribution in [0.3, 0.4) is 0 Å². The van der Waals surface area contributed by atoms with Crippen LogP contribution in [0.5, 0.6) is 0 Å². The first kappa shape index (κ1) is 17.8. The molecule has 1 saturated carbocycles. The molecular weight excluding hydrogens is 359 g/mol. The van der Waals surface area contributed by atoms with Gasteiger partial charge in [0.1, 0.15) is 5.41 Å². The molecule has 3 rings (SSSR count). The molecule has 2 amide bonds. The number of carbonyl (C=O) groups excluding carboxylic acids is 2. The van der Waals surface area contributed by atoms with Crippen molar-refractivity contribution >= 4 is 40.7 Å². The average molecular weight is 377 g/mol. The Bertz CT molecular complexity index is 832. The number of anilines is 1. The third kappa shape index (κ3) is 3.65. The van der Waals surface area contributed by atoms with Gasteiger partial charge in [-0.25, -0.2) is 0 Å². The maximum absolute atomic E-state index is 12.6. The molecule has 0 atom stereocenters. The fourth-order valence-electron chi connectivity index (χ4n) is 2.65. The molecule has 0 unspecified atom stereocenters. The highest BCUT2D eigenvalue weighted by Gasteiger charge is 2.56. The van der Waals surface area contributed by atoms with E-state index in [1.165, 1.54) is 0 Å². The van der Waals surface area contributed by atoms with Gasteiger partial charge in [-0.1, -0.05) is 47.5 Å². The van der Waals surface area contributed by atoms with E-state index in [0.717, 1.165) is 11.1 Å². The van der Waals surface area contributed by atoms with E-state index in [4.69, 9.17) is 23.2 Å². The second kappa shape index (κ2) is 7.06. The van der Waals surface area contributed by atoms with Gasteiger partial charge in [0.2, 0.25) is 11.8 Å². The van der Waals surface area contributed by atoms with Crippen molar-refractivity contribution in [3.8, 4) is 0 Å². The van der Waals surface area contributed by atoms with Crippen molar-refractivity contribution < 1.29 is 9.59 Å². The molecule has 1 aliphatic carbocycles. The Morgan fingerprint density at radius 3 is 2.36 bits per heavy atom. The van der Waals surface area contributed by atoms with Crippen LogP contribution < -0.4 is 10.6 Å². The number of hydrogen-bond donors (Lipinski definition) is 2. The second-order valence-corrected chi connectivity index (χ2v) is 7.04. The van der Waals surface area contributed by atoms with Gasteiger partial charge in [-0.3, -0.25) is 9.59 Å². The smallest absolute Gasteiger partial charge is 0.240 e. The summed E-state index contributed by atoms with van der Waals surface area (Å²) in [5, 5.41) is 6.82. The van der Waals surface area contributed by atoms with Gasteiger partial charge in [0.25, 0.3) is 0 Å². The average Bonchev–Trinajstić information content (AvgIpc) is 3.40. The Hall–Kier alpha value is -2.04. The van der Waals surface area contributed by atoms with E-state index in [1.807, 2.05) is 25.1 Å². The standard InChI is InChI=1S/C19H18Cl2N2O2/c1-12-14(20)7-4-8-16(12)23-18(25)19(9-10-19)17(24)22-11-13-5-2-3-6-15(13)21/h2-8H,9-11H2,1H3,(H,22,24)(H,23,25). The summed E-state index contributed by atoms with van der Waals surface area (Å²) in [7, 11) is 0. The van der Waals surface area contributed by atoms with E-state index in [9.17, 15) is 9.59 Å². The molecule has 2 aromatic rings. The van der Waals surface area contributed by atoms with Gasteiger partial charge in [0, 0.05) is 22.3 Å². The molecular formula is C19H18Cl2N2O2. The van der Waals surface area contributed by atoms with Gasteiger partial charge < -0.3 is 10.6 Å². The fourth-order valence-corrected chi connectivity index (χ4v) is 3.03. The summed E-state index contributed by atoms with van der Waals surface area (Å²) in [4.78, 5) is 25.2. The Kier molecular flexibility index (Phi) is 5.02. The van der Waals surface area contributed by atoms with Gasteiger partial charge >= 0.3 is 0 Å². The molecule has 6 heteroatoms. The van der Waals surface area contributed by atoms with Crippen molar-refractivity contribution in [1.82, 2.24) is 5.32 Å². The molecule has 0 bridgehead atoms. The predicted molar refractivity (Wildman–Crippen MR) is 99.8 cm³/mol. The van der Waals surface area contributed by atoms with E-state index in [-0.39, 0.29) is 11.8 Å². The quantitative estimate of drug-likeness (QED) is 0.762. The van der Waals surface area contributed by atoms with Crippen LogP contribution in [0.1, 0.15) is 24.0 Å². The number of halogens is 2. The van der Waals surface area contributed by atoms with Gasteiger partial charge in [-0.2, -0.15) is 0 Å².